The molecule has 0 fully saturated rings. The molecule has 5 aromatic rings. The van der Waals surface area contributed by atoms with Crippen LogP contribution in [0, 0.1) is 10.1 Å². The molecule has 0 spiro atoms. The number of thiazole rings is 1. The van der Waals surface area contributed by atoms with E-state index in [-0.39, 0.29) is 36.6 Å². The molecule has 13 nitrogen and oxygen atoms in total. The smallest absolute Gasteiger partial charge is 0.343 e. The standard InChI is InChI=1S/C37H34N4O9S/c1-5-48-30-17-24(13-16-29(30)50-21-32(42)47-4)34-33(36(44)49-6-2)22(3)38-37-40(34)35(43)31(51-37)18-25-20-39(28-10-8-7-9-27(25)28)19-23-11-14-26(15-12-23)41(45)46/h7-18,20,34H,5-6,19,21H2,1-4H3/b31-18+/t34-/m0/s1. The molecule has 1 atom stereocenters. The first-order valence-corrected chi connectivity index (χ1v) is 16.9. The monoisotopic (exact) mass is 710 g/mol. The van der Waals surface area contributed by atoms with Crippen molar-refractivity contribution in [3.8, 4) is 11.5 Å². The summed E-state index contributed by atoms with van der Waals surface area (Å²) in [6.07, 6.45) is 3.76. The highest BCUT2D eigenvalue weighted by molar-refractivity contribution is 7.07. The van der Waals surface area contributed by atoms with E-state index in [1.807, 2.05) is 41.1 Å². The van der Waals surface area contributed by atoms with Gasteiger partial charge in [-0.3, -0.25) is 19.5 Å². The topological polar surface area (TPSA) is 153 Å². The number of nitrogens with zero attached hydrogens (tertiary/aromatic N) is 4. The molecular weight excluding hydrogens is 676 g/mol. The van der Waals surface area contributed by atoms with E-state index in [1.165, 1.54) is 35.1 Å². The molecule has 3 heterocycles. The van der Waals surface area contributed by atoms with E-state index in [0.717, 1.165) is 22.0 Å². The number of allylic oxidation sites excluding steroid dienone is 1. The van der Waals surface area contributed by atoms with Crippen molar-refractivity contribution >= 4 is 45.9 Å². The van der Waals surface area contributed by atoms with Gasteiger partial charge in [-0.25, -0.2) is 14.6 Å². The van der Waals surface area contributed by atoms with Crippen molar-refractivity contribution in [1.29, 1.82) is 0 Å². The predicted molar refractivity (Wildman–Crippen MR) is 190 cm³/mol. The van der Waals surface area contributed by atoms with Gasteiger partial charge in [-0.1, -0.05) is 47.7 Å². The molecule has 3 aromatic carbocycles. The number of hydrogen-bond acceptors (Lipinski definition) is 11. The number of hydrogen-bond donors (Lipinski definition) is 0. The highest BCUT2D eigenvalue weighted by atomic mass is 32.1. The molecule has 6 rings (SSSR count). The second kappa shape index (κ2) is 14.8. The highest BCUT2D eigenvalue weighted by Gasteiger charge is 2.34. The first kappa shape index (κ1) is 34.8. The number of aromatic nitrogens is 2. The quantitative estimate of drug-likeness (QED) is 0.102. The summed E-state index contributed by atoms with van der Waals surface area (Å²) in [7, 11) is 1.26. The number of rotatable bonds is 12. The van der Waals surface area contributed by atoms with Crippen molar-refractivity contribution in [2.45, 2.75) is 33.4 Å². The fraction of sp³-hybridized carbons (Fsp3) is 0.243. The van der Waals surface area contributed by atoms with Gasteiger partial charge in [0.2, 0.25) is 0 Å². The van der Waals surface area contributed by atoms with Crippen LogP contribution < -0.4 is 24.4 Å². The Labute approximate surface area is 295 Å². The van der Waals surface area contributed by atoms with Gasteiger partial charge < -0.3 is 23.5 Å². The third kappa shape index (κ3) is 7.03. The largest absolute Gasteiger partial charge is 0.490 e. The summed E-state index contributed by atoms with van der Waals surface area (Å²) >= 11 is 1.21. The number of para-hydroxylation sites is 1. The van der Waals surface area contributed by atoms with E-state index in [4.69, 9.17) is 18.9 Å². The zero-order chi connectivity index (χ0) is 36.2. The number of ether oxygens (including phenoxy) is 4. The Balaban J connectivity index is 1.47. The molecule has 0 amide bonds. The first-order valence-electron chi connectivity index (χ1n) is 16.1. The molecule has 51 heavy (non-hydrogen) atoms. The lowest BCUT2D eigenvalue weighted by atomic mass is 9.95. The van der Waals surface area contributed by atoms with Gasteiger partial charge >= 0.3 is 11.9 Å². The summed E-state index contributed by atoms with van der Waals surface area (Å²) in [6, 6.07) is 18.3. The van der Waals surface area contributed by atoms with Crippen molar-refractivity contribution in [2.24, 2.45) is 4.99 Å². The fourth-order valence-corrected chi connectivity index (χ4v) is 7.00. The summed E-state index contributed by atoms with van der Waals surface area (Å²) in [5.74, 6) is -0.552. The number of nitro benzene ring substituents is 1. The molecule has 0 bridgehead atoms. The number of carbonyl (C=O) groups excluding carboxylic acids is 2. The maximum absolute atomic E-state index is 14.4. The van der Waals surface area contributed by atoms with Crippen LogP contribution in [0.1, 0.15) is 43.5 Å². The van der Waals surface area contributed by atoms with Gasteiger partial charge in [0.25, 0.3) is 11.2 Å². The van der Waals surface area contributed by atoms with Crippen LogP contribution in [0.2, 0.25) is 0 Å². The van der Waals surface area contributed by atoms with E-state index >= 15 is 0 Å². The second-order valence-corrected chi connectivity index (χ2v) is 12.5. The third-order valence-corrected chi connectivity index (χ3v) is 9.26. The normalized spacial score (nSPS) is 14.2. The molecule has 0 saturated carbocycles. The molecule has 0 radical (unpaired) electrons. The maximum Gasteiger partial charge on any atom is 0.343 e. The lowest BCUT2D eigenvalue weighted by Crippen LogP contribution is -2.40. The minimum Gasteiger partial charge on any atom is -0.490 e. The number of nitro groups is 1. The number of fused-ring (bicyclic) bond motifs is 2. The average Bonchev–Trinajstić information content (AvgIpc) is 3.62. The fourth-order valence-electron chi connectivity index (χ4n) is 5.97. The molecule has 0 saturated heterocycles. The van der Waals surface area contributed by atoms with Crippen molar-refractivity contribution in [1.82, 2.24) is 9.13 Å². The SMILES string of the molecule is CCOC(=O)C1=C(C)N=c2s/c(=C/c3cn(Cc4ccc([N+](=O)[O-])cc4)c4ccccc34)c(=O)n2[C@H]1c1ccc(OCC(=O)OC)c(OCC)c1. The van der Waals surface area contributed by atoms with Gasteiger partial charge in [0.15, 0.2) is 22.9 Å². The van der Waals surface area contributed by atoms with Crippen LogP contribution in [0.3, 0.4) is 0 Å². The van der Waals surface area contributed by atoms with E-state index in [9.17, 15) is 24.5 Å². The van der Waals surface area contributed by atoms with Crippen LogP contribution in [0.4, 0.5) is 5.69 Å². The molecule has 262 valence electrons. The summed E-state index contributed by atoms with van der Waals surface area (Å²) in [4.78, 5) is 55.4. The van der Waals surface area contributed by atoms with E-state index < -0.39 is 22.9 Å². The summed E-state index contributed by atoms with van der Waals surface area (Å²) in [5.41, 5.74) is 3.43. The van der Waals surface area contributed by atoms with E-state index in [0.29, 0.717) is 38.6 Å². The van der Waals surface area contributed by atoms with E-state index in [1.54, 1.807) is 51.1 Å². The van der Waals surface area contributed by atoms with Crippen molar-refractivity contribution in [2.75, 3.05) is 26.9 Å². The van der Waals surface area contributed by atoms with Crippen LogP contribution >= 0.6 is 11.3 Å². The average molecular weight is 711 g/mol. The number of esters is 2. The zero-order valence-electron chi connectivity index (χ0n) is 28.3. The Morgan fingerprint density at radius 2 is 1.78 bits per heavy atom. The van der Waals surface area contributed by atoms with Crippen molar-refractivity contribution in [3.63, 3.8) is 0 Å². The summed E-state index contributed by atoms with van der Waals surface area (Å²) in [5, 5.41) is 12.1. The maximum atomic E-state index is 14.4. The van der Waals surface area contributed by atoms with Crippen LogP contribution in [-0.4, -0.2) is 52.9 Å². The molecule has 14 heteroatoms. The number of benzene rings is 3. The van der Waals surface area contributed by atoms with Crippen LogP contribution in [0.5, 0.6) is 11.5 Å². The Bertz CT molecular complexity index is 2370. The Morgan fingerprint density at radius 3 is 2.49 bits per heavy atom. The lowest BCUT2D eigenvalue weighted by Gasteiger charge is -2.25. The minimum absolute atomic E-state index is 0.0174. The van der Waals surface area contributed by atoms with Gasteiger partial charge in [0.05, 0.1) is 47.1 Å². The molecule has 0 aliphatic carbocycles. The molecule has 1 aliphatic rings. The highest BCUT2D eigenvalue weighted by Crippen LogP contribution is 2.36. The van der Waals surface area contributed by atoms with Gasteiger partial charge in [-0.2, -0.15) is 0 Å². The second-order valence-electron chi connectivity index (χ2n) is 11.5. The lowest BCUT2D eigenvalue weighted by molar-refractivity contribution is -0.384. The van der Waals surface area contributed by atoms with Gasteiger partial charge in [-0.05, 0) is 56.2 Å². The van der Waals surface area contributed by atoms with Crippen LogP contribution in [-0.2, 0) is 25.6 Å². The van der Waals surface area contributed by atoms with Gasteiger partial charge in [-0.15, -0.1) is 0 Å². The van der Waals surface area contributed by atoms with Crippen molar-refractivity contribution < 1.29 is 33.5 Å². The first-order chi connectivity index (χ1) is 24.6. The Hall–Kier alpha value is -6.02. The van der Waals surface area contributed by atoms with Gasteiger partial charge in [0, 0.05) is 41.3 Å². The van der Waals surface area contributed by atoms with Crippen molar-refractivity contribution in [3.05, 3.63) is 131 Å². The predicted octanol–water partition coefficient (Wildman–Crippen LogP) is 4.66. The molecule has 0 N–H and O–H groups in total. The summed E-state index contributed by atoms with van der Waals surface area (Å²) < 4.78 is 25.6. The minimum atomic E-state index is -0.903. The molecule has 1 aliphatic heterocycles. The third-order valence-electron chi connectivity index (χ3n) is 8.28. The number of methoxy groups -OCH3 is 1. The molecule has 2 aromatic heterocycles. The Kier molecular flexibility index (Phi) is 10.1. The van der Waals surface area contributed by atoms with Crippen LogP contribution in [0.15, 0.2) is 94.0 Å². The Morgan fingerprint density at radius 1 is 1.02 bits per heavy atom. The van der Waals surface area contributed by atoms with Crippen LogP contribution in [0.25, 0.3) is 17.0 Å². The molecular formula is C37H34N4O9S. The zero-order valence-corrected chi connectivity index (χ0v) is 29.1. The molecule has 0 unspecified atom stereocenters. The number of carbonyl (C=O) groups is 2. The summed E-state index contributed by atoms with van der Waals surface area (Å²) in [6.45, 7) is 5.76. The van der Waals surface area contributed by atoms with E-state index in [2.05, 4.69) is 4.99 Å². The van der Waals surface area contributed by atoms with Gasteiger partial charge in [0.1, 0.15) is 0 Å². The number of non-ortho nitro benzene ring substituents is 1.